The standard InChI is InChI=1S/C21H41N3O13/c1-22-10-15(30)17(8(5-26)33-19(10)32)36-21-12(24-3)16(31)18(9(6-27)35-21)37-20-11(23-2)14(29)13(28)7(4-25)34-20/h7-32H,4-6H2,1-3H3/t7?,8?,9?,10?,11?,12?,13-,14-,15-,16-,17-,18-,19-,20+,21+/m1/s1. The first-order valence-electron chi connectivity index (χ1n) is 12.2. The minimum atomic E-state index is -1.41. The Labute approximate surface area is 214 Å². The summed E-state index contributed by atoms with van der Waals surface area (Å²) in [5.41, 5.74) is 0. The summed E-state index contributed by atoms with van der Waals surface area (Å²) in [7, 11) is 4.51. The average molecular weight is 544 g/mol. The van der Waals surface area contributed by atoms with E-state index in [0.717, 1.165) is 0 Å². The summed E-state index contributed by atoms with van der Waals surface area (Å²) in [5.74, 6) is 0. The van der Waals surface area contributed by atoms with Gasteiger partial charge in [0, 0.05) is 0 Å². The van der Waals surface area contributed by atoms with Gasteiger partial charge in [-0.2, -0.15) is 0 Å². The molecule has 0 bridgehead atoms. The van der Waals surface area contributed by atoms with Crippen LogP contribution in [0.15, 0.2) is 0 Å². The Morgan fingerprint density at radius 1 is 0.541 bits per heavy atom. The van der Waals surface area contributed by atoms with Crippen LogP contribution in [0, 0.1) is 0 Å². The number of hydrogen-bond acceptors (Lipinski definition) is 16. The molecule has 3 rings (SSSR count). The lowest BCUT2D eigenvalue weighted by atomic mass is 9.94. The van der Waals surface area contributed by atoms with Gasteiger partial charge in [-0.3, -0.25) is 0 Å². The van der Waals surface area contributed by atoms with Gasteiger partial charge in [0.25, 0.3) is 0 Å². The van der Waals surface area contributed by atoms with Crippen molar-refractivity contribution in [2.24, 2.45) is 0 Å². The summed E-state index contributed by atoms with van der Waals surface area (Å²) in [6.45, 7) is -1.82. The summed E-state index contributed by atoms with van der Waals surface area (Å²) in [6, 6.07) is -2.88. The van der Waals surface area contributed by atoms with Gasteiger partial charge in [0.15, 0.2) is 18.9 Å². The third kappa shape index (κ3) is 6.25. The first-order valence-corrected chi connectivity index (χ1v) is 12.2. The van der Waals surface area contributed by atoms with Crippen LogP contribution < -0.4 is 16.0 Å². The third-order valence-electron chi connectivity index (χ3n) is 7.19. The Bertz CT molecular complexity index is 698. The SMILES string of the molecule is CNC1[C@H](O[C@@H]2C(CO)O[C@@H](O[C@@H]3C(CO)O[C@@H](O)C(NC)[C@H]3O)C(NC)[C@H]2O)OC(CO)[C@@H](O)[C@@H]1O. The molecule has 0 aromatic rings. The van der Waals surface area contributed by atoms with Gasteiger partial charge in [0.1, 0.15) is 54.9 Å². The molecule has 0 aromatic carbocycles. The lowest BCUT2D eigenvalue weighted by Crippen LogP contribution is -2.70. The quantitative estimate of drug-likeness (QED) is 0.123. The first-order chi connectivity index (χ1) is 17.7. The zero-order valence-corrected chi connectivity index (χ0v) is 20.9. The molecule has 11 N–H and O–H groups in total. The first kappa shape index (κ1) is 30.9. The molecule has 3 aliphatic rings. The zero-order valence-electron chi connectivity index (χ0n) is 20.9. The summed E-state index contributed by atoms with van der Waals surface area (Å²) in [6.07, 6.45) is -15.3. The fourth-order valence-electron chi connectivity index (χ4n) is 5.04. The van der Waals surface area contributed by atoms with E-state index in [2.05, 4.69) is 16.0 Å². The van der Waals surface area contributed by atoms with Crippen molar-refractivity contribution in [2.45, 2.75) is 91.9 Å². The van der Waals surface area contributed by atoms with Gasteiger partial charge >= 0.3 is 0 Å². The minimum Gasteiger partial charge on any atom is -0.394 e. The summed E-state index contributed by atoms with van der Waals surface area (Å²) in [5, 5.41) is 90.3. The van der Waals surface area contributed by atoms with E-state index in [0.29, 0.717) is 0 Å². The Hall–Kier alpha value is -0.640. The van der Waals surface area contributed by atoms with Crippen LogP contribution in [0.1, 0.15) is 0 Å². The molecule has 3 fully saturated rings. The Morgan fingerprint density at radius 3 is 1.41 bits per heavy atom. The van der Waals surface area contributed by atoms with E-state index in [4.69, 9.17) is 23.7 Å². The smallest absolute Gasteiger partial charge is 0.176 e. The molecule has 0 radical (unpaired) electrons. The number of rotatable bonds is 10. The molecule has 218 valence electrons. The molecule has 0 spiro atoms. The molecular formula is C21H41N3O13. The van der Waals surface area contributed by atoms with Crippen LogP contribution in [0.5, 0.6) is 0 Å². The number of likely N-dealkylation sites (N-methyl/N-ethyl adjacent to an activating group) is 3. The highest BCUT2D eigenvalue weighted by Crippen LogP contribution is 2.32. The predicted octanol–water partition coefficient (Wildman–Crippen LogP) is -6.89. The highest BCUT2D eigenvalue weighted by molar-refractivity contribution is 4.99. The number of aliphatic hydroxyl groups is 8. The van der Waals surface area contributed by atoms with E-state index in [1.54, 1.807) is 0 Å². The largest absolute Gasteiger partial charge is 0.394 e. The van der Waals surface area contributed by atoms with Crippen molar-refractivity contribution in [3.05, 3.63) is 0 Å². The van der Waals surface area contributed by atoms with Gasteiger partial charge < -0.3 is 80.5 Å². The third-order valence-corrected chi connectivity index (χ3v) is 7.19. The highest BCUT2D eigenvalue weighted by Gasteiger charge is 2.53. The minimum absolute atomic E-state index is 0.589. The van der Waals surface area contributed by atoms with Crippen LogP contribution in [-0.2, 0) is 23.7 Å². The van der Waals surface area contributed by atoms with E-state index in [1.807, 2.05) is 0 Å². The Morgan fingerprint density at radius 2 is 0.946 bits per heavy atom. The fraction of sp³-hybridized carbons (Fsp3) is 1.00. The second-order valence-corrected chi connectivity index (χ2v) is 9.31. The number of hydrogen-bond donors (Lipinski definition) is 11. The van der Waals surface area contributed by atoms with E-state index in [-0.39, 0.29) is 0 Å². The molecule has 16 heteroatoms. The van der Waals surface area contributed by atoms with Crippen LogP contribution in [0.2, 0.25) is 0 Å². The fourth-order valence-corrected chi connectivity index (χ4v) is 5.04. The lowest BCUT2D eigenvalue weighted by molar-refractivity contribution is -0.352. The molecule has 3 aliphatic heterocycles. The molecular weight excluding hydrogens is 502 g/mol. The Kier molecular flexibility index (Phi) is 11.4. The van der Waals surface area contributed by atoms with Crippen molar-refractivity contribution < 1.29 is 64.5 Å². The van der Waals surface area contributed by atoms with Gasteiger partial charge in [-0.25, -0.2) is 0 Å². The van der Waals surface area contributed by atoms with E-state index in [1.165, 1.54) is 21.1 Å². The van der Waals surface area contributed by atoms with Crippen molar-refractivity contribution in [2.75, 3.05) is 41.0 Å². The van der Waals surface area contributed by atoms with Crippen LogP contribution >= 0.6 is 0 Å². The summed E-state index contributed by atoms with van der Waals surface area (Å²) < 4.78 is 28.7. The molecule has 6 unspecified atom stereocenters. The lowest BCUT2D eigenvalue weighted by Gasteiger charge is -2.49. The molecule has 37 heavy (non-hydrogen) atoms. The van der Waals surface area contributed by atoms with Gasteiger partial charge in [-0.05, 0) is 21.1 Å². The number of nitrogens with one attached hydrogen (secondary N) is 3. The average Bonchev–Trinajstić information content (AvgIpc) is 2.89. The second-order valence-electron chi connectivity index (χ2n) is 9.31. The van der Waals surface area contributed by atoms with Gasteiger partial charge in [-0.15, -0.1) is 0 Å². The number of ether oxygens (including phenoxy) is 5. The summed E-state index contributed by atoms with van der Waals surface area (Å²) in [4.78, 5) is 0. The molecule has 3 heterocycles. The van der Waals surface area contributed by atoms with E-state index >= 15 is 0 Å². The monoisotopic (exact) mass is 543 g/mol. The summed E-state index contributed by atoms with van der Waals surface area (Å²) >= 11 is 0. The molecule has 0 amide bonds. The second kappa shape index (κ2) is 13.6. The zero-order chi connectivity index (χ0) is 27.4. The van der Waals surface area contributed by atoms with Gasteiger partial charge in [-0.1, -0.05) is 0 Å². The predicted molar refractivity (Wildman–Crippen MR) is 122 cm³/mol. The van der Waals surface area contributed by atoms with Crippen molar-refractivity contribution in [1.82, 2.24) is 16.0 Å². The van der Waals surface area contributed by atoms with Crippen molar-refractivity contribution in [1.29, 1.82) is 0 Å². The highest BCUT2D eigenvalue weighted by atomic mass is 16.7. The van der Waals surface area contributed by atoms with Gasteiger partial charge in [0.2, 0.25) is 0 Å². The Balaban J connectivity index is 1.79. The normalized spacial score (nSPS) is 49.2. The van der Waals surface area contributed by atoms with E-state index < -0.39 is 112 Å². The maximum Gasteiger partial charge on any atom is 0.176 e. The number of aliphatic hydroxyl groups excluding tert-OH is 8. The van der Waals surface area contributed by atoms with Crippen LogP contribution in [0.3, 0.4) is 0 Å². The molecule has 16 nitrogen and oxygen atoms in total. The molecule has 0 aliphatic carbocycles. The van der Waals surface area contributed by atoms with Crippen LogP contribution in [0.4, 0.5) is 0 Å². The van der Waals surface area contributed by atoms with E-state index in [9.17, 15) is 40.9 Å². The molecule has 0 saturated carbocycles. The van der Waals surface area contributed by atoms with Crippen molar-refractivity contribution >= 4 is 0 Å². The molecule has 15 atom stereocenters. The maximum atomic E-state index is 11.2. The van der Waals surface area contributed by atoms with Crippen molar-refractivity contribution in [3.63, 3.8) is 0 Å². The van der Waals surface area contributed by atoms with Crippen molar-refractivity contribution in [3.8, 4) is 0 Å². The van der Waals surface area contributed by atoms with Gasteiger partial charge in [0.05, 0.1) is 37.9 Å². The molecule has 0 aromatic heterocycles. The topological polar surface area (TPSA) is 244 Å². The van der Waals surface area contributed by atoms with Crippen LogP contribution in [-0.4, -0.2) is 174 Å². The molecule has 3 saturated heterocycles. The maximum absolute atomic E-state index is 11.2. The van der Waals surface area contributed by atoms with Crippen LogP contribution in [0.25, 0.3) is 0 Å².